The summed E-state index contributed by atoms with van der Waals surface area (Å²) in [4.78, 5) is 20.8. The average Bonchev–Trinajstić information content (AvgIpc) is 2.36. The van der Waals surface area contributed by atoms with Gasteiger partial charge < -0.3 is 19.5 Å². The first-order chi connectivity index (χ1) is 8.96. The second-order valence-electron chi connectivity index (χ2n) is 4.42. The van der Waals surface area contributed by atoms with Crippen LogP contribution in [0.4, 0.5) is 5.95 Å². The smallest absolute Gasteiger partial charge is 0.323 e. The van der Waals surface area contributed by atoms with Crippen molar-refractivity contribution in [2.24, 2.45) is 5.92 Å². The summed E-state index contributed by atoms with van der Waals surface area (Å²) in [5.41, 5.74) is 0. The van der Waals surface area contributed by atoms with Gasteiger partial charge in [0.05, 0.1) is 20.3 Å². The van der Waals surface area contributed by atoms with Gasteiger partial charge in [0.15, 0.2) is 0 Å². The third-order valence-corrected chi connectivity index (χ3v) is 2.28. The Balaban J connectivity index is 3.08. The van der Waals surface area contributed by atoms with Crippen LogP contribution in [-0.4, -0.2) is 48.4 Å². The highest BCUT2D eigenvalue weighted by atomic mass is 16.5. The van der Waals surface area contributed by atoms with E-state index in [9.17, 15) is 4.79 Å². The number of carboxylic acid groups (broad SMARTS) is 1. The second kappa shape index (κ2) is 6.77. The lowest BCUT2D eigenvalue weighted by atomic mass is 10.2. The van der Waals surface area contributed by atoms with E-state index in [2.05, 4.69) is 9.97 Å². The van der Waals surface area contributed by atoms with Crippen LogP contribution in [0.5, 0.6) is 11.8 Å². The average molecular weight is 269 g/mol. The van der Waals surface area contributed by atoms with Gasteiger partial charge in [-0.05, 0) is 5.92 Å². The van der Waals surface area contributed by atoms with Crippen LogP contribution in [0.15, 0.2) is 6.07 Å². The number of nitrogens with zero attached hydrogens (tertiary/aromatic N) is 3. The molecule has 0 aliphatic rings. The standard InChI is InChI=1S/C12H19N3O4/c1-8(2)6-15(7-11(16)17)12-13-9(18-3)5-10(14-12)19-4/h5,8H,6-7H2,1-4H3,(H,16,17). The summed E-state index contributed by atoms with van der Waals surface area (Å²) in [6.07, 6.45) is 0. The van der Waals surface area contributed by atoms with Crippen LogP contribution < -0.4 is 14.4 Å². The SMILES string of the molecule is COc1cc(OC)nc(N(CC(=O)O)CC(C)C)n1. The van der Waals surface area contributed by atoms with E-state index in [1.54, 1.807) is 4.90 Å². The van der Waals surface area contributed by atoms with Gasteiger partial charge in [-0.2, -0.15) is 9.97 Å². The fraction of sp³-hybridized carbons (Fsp3) is 0.583. The molecule has 7 heteroatoms. The molecule has 0 amide bonds. The van der Waals surface area contributed by atoms with Crippen molar-refractivity contribution in [3.63, 3.8) is 0 Å². The molecule has 1 aromatic heterocycles. The summed E-state index contributed by atoms with van der Waals surface area (Å²) in [7, 11) is 2.96. The van der Waals surface area contributed by atoms with Gasteiger partial charge in [-0.25, -0.2) is 0 Å². The zero-order chi connectivity index (χ0) is 14.4. The molecule has 0 spiro atoms. The number of rotatable bonds is 7. The Morgan fingerprint density at radius 3 is 2.21 bits per heavy atom. The minimum atomic E-state index is -0.939. The molecule has 1 heterocycles. The van der Waals surface area contributed by atoms with Gasteiger partial charge >= 0.3 is 5.97 Å². The van der Waals surface area contributed by atoms with Crippen molar-refractivity contribution in [3.8, 4) is 11.8 Å². The number of aromatic nitrogens is 2. The molecule has 0 atom stereocenters. The maximum absolute atomic E-state index is 10.9. The Morgan fingerprint density at radius 1 is 1.32 bits per heavy atom. The molecule has 106 valence electrons. The first kappa shape index (κ1) is 15.0. The van der Waals surface area contributed by atoms with E-state index >= 15 is 0 Å². The van der Waals surface area contributed by atoms with E-state index in [1.807, 2.05) is 13.8 Å². The number of aliphatic carboxylic acids is 1. The molecular formula is C12H19N3O4. The number of methoxy groups -OCH3 is 2. The van der Waals surface area contributed by atoms with Crippen molar-refractivity contribution in [3.05, 3.63) is 6.07 Å². The van der Waals surface area contributed by atoms with E-state index in [-0.39, 0.29) is 18.4 Å². The molecule has 0 fully saturated rings. The summed E-state index contributed by atoms with van der Waals surface area (Å²) in [6, 6.07) is 1.54. The molecule has 0 saturated carbocycles. The van der Waals surface area contributed by atoms with Crippen LogP contribution in [0, 0.1) is 5.92 Å². The molecule has 1 rings (SSSR count). The topological polar surface area (TPSA) is 84.8 Å². The van der Waals surface area contributed by atoms with Crippen LogP contribution in [0.1, 0.15) is 13.8 Å². The minimum Gasteiger partial charge on any atom is -0.481 e. The zero-order valence-electron chi connectivity index (χ0n) is 11.6. The Hall–Kier alpha value is -2.05. The summed E-state index contributed by atoms with van der Waals surface area (Å²) < 4.78 is 10.1. The van der Waals surface area contributed by atoms with Crippen molar-refractivity contribution in [1.82, 2.24) is 9.97 Å². The zero-order valence-corrected chi connectivity index (χ0v) is 11.6. The van der Waals surface area contributed by atoms with E-state index in [0.717, 1.165) is 0 Å². The predicted molar refractivity (Wildman–Crippen MR) is 69.8 cm³/mol. The van der Waals surface area contributed by atoms with Crippen molar-refractivity contribution in [2.75, 3.05) is 32.2 Å². The molecule has 0 radical (unpaired) electrons. The second-order valence-corrected chi connectivity index (χ2v) is 4.42. The summed E-state index contributed by atoms with van der Waals surface area (Å²) in [5, 5.41) is 8.95. The van der Waals surface area contributed by atoms with Crippen molar-refractivity contribution in [1.29, 1.82) is 0 Å². The fourth-order valence-electron chi connectivity index (χ4n) is 1.56. The van der Waals surface area contributed by atoms with Crippen molar-refractivity contribution >= 4 is 11.9 Å². The molecular weight excluding hydrogens is 250 g/mol. The molecule has 0 unspecified atom stereocenters. The number of carbonyl (C=O) groups is 1. The monoisotopic (exact) mass is 269 g/mol. The fourth-order valence-corrected chi connectivity index (χ4v) is 1.56. The summed E-state index contributed by atoms with van der Waals surface area (Å²) >= 11 is 0. The molecule has 1 N–H and O–H groups in total. The van der Waals surface area contributed by atoms with Crippen molar-refractivity contribution in [2.45, 2.75) is 13.8 Å². The van der Waals surface area contributed by atoms with E-state index in [0.29, 0.717) is 18.3 Å². The van der Waals surface area contributed by atoms with Crippen molar-refractivity contribution < 1.29 is 19.4 Å². The third-order valence-electron chi connectivity index (χ3n) is 2.28. The molecule has 1 aromatic rings. The van der Waals surface area contributed by atoms with Crippen LogP contribution in [-0.2, 0) is 4.79 Å². The normalized spacial score (nSPS) is 10.4. The van der Waals surface area contributed by atoms with Crippen LogP contribution in [0.25, 0.3) is 0 Å². The molecule has 0 bridgehead atoms. The number of anilines is 1. The van der Waals surface area contributed by atoms with E-state index in [4.69, 9.17) is 14.6 Å². The maximum Gasteiger partial charge on any atom is 0.323 e. The first-order valence-corrected chi connectivity index (χ1v) is 5.90. The molecule has 7 nitrogen and oxygen atoms in total. The molecule has 0 saturated heterocycles. The number of ether oxygens (including phenoxy) is 2. The Bertz CT molecular complexity index is 415. The number of hydrogen-bond donors (Lipinski definition) is 1. The van der Waals surface area contributed by atoms with Crippen LogP contribution in [0.2, 0.25) is 0 Å². The molecule has 19 heavy (non-hydrogen) atoms. The van der Waals surface area contributed by atoms with E-state index in [1.165, 1.54) is 20.3 Å². The third kappa shape index (κ3) is 4.61. The molecule has 0 aliphatic carbocycles. The lowest BCUT2D eigenvalue weighted by molar-refractivity contribution is -0.135. The summed E-state index contributed by atoms with van der Waals surface area (Å²) in [5.74, 6) is 0.292. The van der Waals surface area contributed by atoms with Gasteiger partial charge in [-0.3, -0.25) is 4.79 Å². The largest absolute Gasteiger partial charge is 0.481 e. The predicted octanol–water partition coefficient (Wildman–Crippen LogP) is 1.04. The lowest BCUT2D eigenvalue weighted by Crippen LogP contribution is -2.34. The Kier molecular flexibility index (Phi) is 5.35. The number of hydrogen-bond acceptors (Lipinski definition) is 6. The van der Waals surface area contributed by atoms with Gasteiger partial charge in [0.2, 0.25) is 17.7 Å². The van der Waals surface area contributed by atoms with Gasteiger partial charge in [-0.15, -0.1) is 0 Å². The highest BCUT2D eigenvalue weighted by Gasteiger charge is 2.17. The Labute approximate surface area is 112 Å². The molecule has 0 aromatic carbocycles. The molecule has 0 aliphatic heterocycles. The quantitative estimate of drug-likeness (QED) is 0.791. The highest BCUT2D eigenvalue weighted by Crippen LogP contribution is 2.20. The first-order valence-electron chi connectivity index (χ1n) is 5.90. The van der Waals surface area contributed by atoms with Crippen LogP contribution in [0.3, 0.4) is 0 Å². The maximum atomic E-state index is 10.9. The number of carboxylic acids is 1. The van der Waals surface area contributed by atoms with Gasteiger partial charge in [-0.1, -0.05) is 13.8 Å². The lowest BCUT2D eigenvalue weighted by Gasteiger charge is -2.23. The van der Waals surface area contributed by atoms with Gasteiger partial charge in [0.25, 0.3) is 0 Å². The van der Waals surface area contributed by atoms with E-state index < -0.39 is 5.97 Å². The van der Waals surface area contributed by atoms with Gasteiger partial charge in [0.1, 0.15) is 6.54 Å². The van der Waals surface area contributed by atoms with Gasteiger partial charge in [0, 0.05) is 6.54 Å². The van der Waals surface area contributed by atoms with Crippen LogP contribution >= 0.6 is 0 Å². The highest BCUT2D eigenvalue weighted by molar-refractivity contribution is 5.72. The summed E-state index contributed by atoms with van der Waals surface area (Å²) in [6.45, 7) is 4.34. The minimum absolute atomic E-state index is 0.172. The Morgan fingerprint density at radius 2 is 1.84 bits per heavy atom.